The van der Waals surface area contributed by atoms with Gasteiger partial charge in [0.25, 0.3) is 21.6 Å². The molecule has 45 heavy (non-hydrogen) atoms. The average Bonchev–Trinajstić information content (AvgIpc) is 3.03. The number of nitrogens with zero attached hydrogens (tertiary/aromatic N) is 3. The number of methoxy groups -OCH3 is 2. The second-order valence-corrected chi connectivity index (χ2v) is 11.8. The highest BCUT2D eigenvalue weighted by atomic mass is 35.5. The number of nitro groups is 1. The van der Waals surface area contributed by atoms with Crippen molar-refractivity contribution in [1.82, 2.24) is 5.43 Å². The van der Waals surface area contributed by atoms with E-state index in [1.165, 1.54) is 63.8 Å². The van der Waals surface area contributed by atoms with Crippen LogP contribution in [-0.4, -0.2) is 46.2 Å². The van der Waals surface area contributed by atoms with E-state index in [9.17, 15) is 23.3 Å². The summed E-state index contributed by atoms with van der Waals surface area (Å²) in [7, 11) is -1.49. The Morgan fingerprint density at radius 3 is 2.40 bits per heavy atom. The topological polar surface area (TPSA) is 150 Å². The number of nitro benzene ring substituents is 1. The van der Waals surface area contributed by atoms with Crippen LogP contribution in [0.1, 0.15) is 16.7 Å². The molecule has 234 valence electrons. The van der Waals surface area contributed by atoms with Crippen LogP contribution in [-0.2, 0) is 21.4 Å². The summed E-state index contributed by atoms with van der Waals surface area (Å²) in [6, 6.07) is 21.8. The minimum Gasteiger partial charge on any atom is -0.497 e. The lowest BCUT2D eigenvalue weighted by molar-refractivity contribution is -0.385. The maximum atomic E-state index is 13.7. The van der Waals surface area contributed by atoms with Gasteiger partial charge >= 0.3 is 0 Å². The van der Waals surface area contributed by atoms with Gasteiger partial charge in [-0.05, 0) is 67.1 Å². The van der Waals surface area contributed by atoms with Gasteiger partial charge in [0.1, 0.15) is 18.9 Å². The number of halogens is 1. The van der Waals surface area contributed by atoms with Crippen molar-refractivity contribution in [2.75, 3.05) is 25.1 Å². The molecule has 0 bridgehead atoms. The second kappa shape index (κ2) is 14.6. The number of nitrogens with one attached hydrogen (secondary N) is 1. The lowest BCUT2D eigenvalue weighted by Gasteiger charge is -2.24. The van der Waals surface area contributed by atoms with Gasteiger partial charge < -0.3 is 14.2 Å². The molecule has 0 aliphatic rings. The van der Waals surface area contributed by atoms with Gasteiger partial charge in [0.2, 0.25) is 0 Å². The van der Waals surface area contributed by atoms with Crippen LogP contribution in [0.3, 0.4) is 0 Å². The van der Waals surface area contributed by atoms with E-state index >= 15 is 0 Å². The summed E-state index contributed by atoms with van der Waals surface area (Å²) in [5.41, 5.74) is 3.75. The van der Waals surface area contributed by atoms with Crippen LogP contribution in [0.2, 0.25) is 5.02 Å². The highest BCUT2D eigenvalue weighted by Gasteiger charge is 2.29. The van der Waals surface area contributed by atoms with E-state index in [1.54, 1.807) is 24.3 Å². The molecule has 4 rings (SSSR count). The van der Waals surface area contributed by atoms with Crippen LogP contribution >= 0.6 is 11.6 Å². The van der Waals surface area contributed by atoms with Crippen molar-refractivity contribution in [2.24, 2.45) is 5.10 Å². The number of aryl methyl sites for hydroxylation is 1. The third-order valence-corrected chi connectivity index (χ3v) is 8.68. The molecule has 0 heterocycles. The van der Waals surface area contributed by atoms with Crippen molar-refractivity contribution in [1.29, 1.82) is 0 Å². The predicted molar refractivity (Wildman–Crippen MR) is 170 cm³/mol. The minimum absolute atomic E-state index is 0.135. The first-order chi connectivity index (χ1) is 21.5. The maximum Gasteiger partial charge on any atom is 0.273 e. The molecule has 0 atom stereocenters. The fourth-order valence-corrected chi connectivity index (χ4v) is 5.77. The molecule has 14 heteroatoms. The molecule has 4 aromatic rings. The minimum atomic E-state index is -4.42. The highest BCUT2D eigenvalue weighted by molar-refractivity contribution is 7.92. The molecule has 0 aliphatic heterocycles. The highest BCUT2D eigenvalue weighted by Crippen LogP contribution is 2.30. The van der Waals surface area contributed by atoms with Crippen LogP contribution in [0.4, 0.5) is 11.4 Å². The number of amides is 1. The first-order valence-electron chi connectivity index (χ1n) is 13.3. The van der Waals surface area contributed by atoms with Crippen LogP contribution in [0.15, 0.2) is 94.9 Å². The van der Waals surface area contributed by atoms with Gasteiger partial charge in [-0.3, -0.25) is 19.2 Å². The third kappa shape index (κ3) is 8.08. The van der Waals surface area contributed by atoms with Gasteiger partial charge in [-0.15, -0.1) is 0 Å². The molecule has 12 nitrogen and oxygen atoms in total. The second-order valence-electron chi connectivity index (χ2n) is 9.50. The van der Waals surface area contributed by atoms with E-state index < -0.39 is 27.4 Å². The van der Waals surface area contributed by atoms with Gasteiger partial charge in [-0.1, -0.05) is 35.9 Å². The van der Waals surface area contributed by atoms with E-state index in [4.69, 9.17) is 25.8 Å². The normalized spacial score (nSPS) is 11.2. The molecule has 0 radical (unpaired) electrons. The van der Waals surface area contributed by atoms with Gasteiger partial charge in [0.15, 0.2) is 11.5 Å². The summed E-state index contributed by atoms with van der Waals surface area (Å²) >= 11 is 6.20. The summed E-state index contributed by atoms with van der Waals surface area (Å²) < 4.78 is 44.6. The zero-order chi connectivity index (χ0) is 32.6. The summed E-state index contributed by atoms with van der Waals surface area (Å²) in [5.74, 6) is 0.585. The molecular weight excluding hydrogens is 624 g/mol. The number of hydrogen-bond acceptors (Lipinski definition) is 9. The largest absolute Gasteiger partial charge is 0.497 e. The smallest absolute Gasteiger partial charge is 0.273 e. The fraction of sp³-hybridized carbons (Fsp3) is 0.161. The molecule has 0 spiro atoms. The Bertz CT molecular complexity index is 1830. The predicted octanol–water partition coefficient (Wildman–Crippen LogP) is 5.50. The monoisotopic (exact) mass is 652 g/mol. The summed E-state index contributed by atoms with van der Waals surface area (Å²) in [6.07, 6.45) is 1.35. The molecule has 0 unspecified atom stereocenters. The van der Waals surface area contributed by atoms with Gasteiger partial charge in [-0.2, -0.15) is 5.10 Å². The van der Waals surface area contributed by atoms with Crippen molar-refractivity contribution in [3.63, 3.8) is 0 Å². The number of anilines is 1. The number of rotatable bonds is 13. The molecule has 0 fully saturated rings. The van der Waals surface area contributed by atoms with E-state index in [0.29, 0.717) is 33.4 Å². The Morgan fingerprint density at radius 1 is 1.00 bits per heavy atom. The van der Waals surface area contributed by atoms with Crippen LogP contribution < -0.4 is 23.9 Å². The van der Waals surface area contributed by atoms with Crippen LogP contribution in [0.25, 0.3) is 0 Å². The van der Waals surface area contributed by atoms with Crippen LogP contribution in [0, 0.1) is 17.0 Å². The number of ether oxygens (including phenoxy) is 3. The number of carbonyl (C=O) groups is 1. The number of sulfonamides is 1. The number of carbonyl (C=O) groups excluding carboxylic acids is 1. The first kappa shape index (κ1) is 32.8. The number of benzene rings is 4. The average molecular weight is 653 g/mol. The van der Waals surface area contributed by atoms with Crippen molar-refractivity contribution < 1.29 is 32.3 Å². The van der Waals surface area contributed by atoms with Crippen molar-refractivity contribution in [2.45, 2.75) is 18.4 Å². The van der Waals surface area contributed by atoms with Gasteiger partial charge in [-0.25, -0.2) is 13.8 Å². The Labute approximate surface area is 265 Å². The van der Waals surface area contributed by atoms with Crippen molar-refractivity contribution in [3.8, 4) is 17.2 Å². The molecule has 0 aromatic heterocycles. The quantitative estimate of drug-likeness (QED) is 0.113. The van der Waals surface area contributed by atoms with Gasteiger partial charge in [0, 0.05) is 22.2 Å². The molecule has 0 aliphatic carbocycles. The zero-order valence-corrected chi connectivity index (χ0v) is 26.0. The zero-order valence-electron chi connectivity index (χ0n) is 24.5. The summed E-state index contributed by atoms with van der Waals surface area (Å²) in [5, 5.41) is 16.0. The third-order valence-electron chi connectivity index (χ3n) is 6.54. The van der Waals surface area contributed by atoms with E-state index in [0.717, 1.165) is 15.9 Å². The van der Waals surface area contributed by atoms with Crippen molar-refractivity contribution >= 4 is 45.1 Å². The fourth-order valence-electron chi connectivity index (χ4n) is 4.14. The molecule has 4 aromatic carbocycles. The Morgan fingerprint density at radius 2 is 1.73 bits per heavy atom. The van der Waals surface area contributed by atoms with E-state index in [2.05, 4.69) is 10.5 Å². The number of hydrazone groups is 1. The standard InChI is InChI=1S/C31H29ClN4O8S/c1-21-8-14-26(17-28(21)36(38)39)45(40,41)35(24-10-12-25(42-2)13-11-24)19-31(37)34-33-18-22-9-15-29(30(16-22)43-3)44-20-23-6-4-5-7-27(23)32/h4-18H,19-20H2,1-3H3,(H,34,37)/b33-18-. The van der Waals surface area contributed by atoms with Crippen LogP contribution in [0.5, 0.6) is 17.2 Å². The number of hydrogen-bond donors (Lipinski definition) is 1. The SMILES string of the molecule is COc1ccc(N(CC(=O)N/N=C\c2ccc(OCc3ccccc3Cl)c(OC)c2)S(=O)(=O)c2ccc(C)c([N+](=O)[O-])c2)cc1. The Balaban J connectivity index is 1.51. The molecule has 1 amide bonds. The van der Waals surface area contributed by atoms with E-state index in [1.807, 2.05) is 18.2 Å². The van der Waals surface area contributed by atoms with Crippen molar-refractivity contribution in [3.05, 3.63) is 117 Å². The lowest BCUT2D eigenvalue weighted by atomic mass is 10.2. The Hall–Kier alpha value is -5.14. The van der Waals surface area contributed by atoms with Gasteiger partial charge in [0.05, 0.1) is 35.9 Å². The molecular formula is C31H29ClN4O8S. The van der Waals surface area contributed by atoms with E-state index in [-0.39, 0.29) is 22.9 Å². The lowest BCUT2D eigenvalue weighted by Crippen LogP contribution is -2.39. The maximum absolute atomic E-state index is 13.7. The first-order valence-corrected chi connectivity index (χ1v) is 15.1. The Kier molecular flexibility index (Phi) is 10.6. The summed E-state index contributed by atoms with van der Waals surface area (Å²) in [4.78, 5) is 23.4. The molecule has 0 saturated carbocycles. The molecule has 1 N–H and O–H groups in total. The summed E-state index contributed by atoms with van der Waals surface area (Å²) in [6.45, 7) is 1.05. The molecule has 0 saturated heterocycles.